The molecular weight excluding hydrogens is 281 g/mol. The molecule has 2 nitrogen and oxygen atoms in total. The van der Waals surface area contributed by atoms with Gasteiger partial charge in [0.1, 0.15) is 0 Å². The van der Waals surface area contributed by atoms with Crippen LogP contribution in [0.4, 0.5) is 0 Å². The smallest absolute Gasteiger partial charge is 0.193 e. The second kappa shape index (κ2) is 6.53. The minimum Gasteiger partial charge on any atom is -0.330 e. The molecule has 2 rings (SSSR count). The van der Waals surface area contributed by atoms with Crippen molar-refractivity contribution in [3.63, 3.8) is 0 Å². The fourth-order valence-corrected chi connectivity index (χ4v) is 8.53. The minimum atomic E-state index is -1.93. The Morgan fingerprint density at radius 1 is 1.44 bits per heavy atom. The monoisotopic (exact) mass is 301 g/mol. The van der Waals surface area contributed by atoms with E-state index in [-0.39, 0.29) is 0 Å². The lowest BCUT2D eigenvalue weighted by atomic mass is 10.2. The summed E-state index contributed by atoms with van der Waals surface area (Å²) in [6.07, 6.45) is 2.22. The van der Waals surface area contributed by atoms with Crippen LogP contribution in [0.3, 0.4) is 0 Å². The molecule has 1 aliphatic rings. The van der Waals surface area contributed by atoms with Gasteiger partial charge >= 0.3 is 0 Å². The molecule has 2 atom stereocenters. The van der Waals surface area contributed by atoms with Crippen molar-refractivity contribution in [3.8, 4) is 0 Å². The summed E-state index contributed by atoms with van der Waals surface area (Å²) in [5.41, 5.74) is -1.93. The Kier molecular flexibility index (Phi) is 5.28. The average molecular weight is 301 g/mol. The van der Waals surface area contributed by atoms with Gasteiger partial charge in [-0.3, -0.25) is 0 Å². The zero-order valence-electron chi connectivity index (χ0n) is 10.9. The van der Waals surface area contributed by atoms with E-state index in [0.717, 1.165) is 26.0 Å². The molecule has 18 heavy (non-hydrogen) atoms. The van der Waals surface area contributed by atoms with Crippen molar-refractivity contribution in [2.75, 3.05) is 13.2 Å². The van der Waals surface area contributed by atoms with Crippen LogP contribution in [-0.4, -0.2) is 23.9 Å². The van der Waals surface area contributed by atoms with Crippen LogP contribution < -0.4 is 0 Å². The summed E-state index contributed by atoms with van der Waals surface area (Å²) in [4.78, 5) is 1.22. The van der Waals surface area contributed by atoms with E-state index in [4.69, 9.17) is 16.3 Å². The summed E-state index contributed by atoms with van der Waals surface area (Å²) >= 11 is 7.63. The predicted octanol–water partition coefficient (Wildman–Crippen LogP) is 4.52. The normalized spacial score (nSPS) is 27.0. The van der Waals surface area contributed by atoms with Gasteiger partial charge in [-0.2, -0.15) is 0 Å². The summed E-state index contributed by atoms with van der Waals surface area (Å²) in [6, 6.07) is 10.9. The van der Waals surface area contributed by atoms with Crippen molar-refractivity contribution in [1.82, 2.24) is 4.67 Å². The van der Waals surface area contributed by atoms with Crippen LogP contribution in [0.25, 0.3) is 0 Å². The van der Waals surface area contributed by atoms with Crippen LogP contribution in [0.15, 0.2) is 35.2 Å². The zero-order valence-corrected chi connectivity index (χ0v) is 13.4. The van der Waals surface area contributed by atoms with E-state index < -0.39 is 5.62 Å². The van der Waals surface area contributed by atoms with Crippen LogP contribution in [0.2, 0.25) is 0 Å². The highest BCUT2D eigenvalue weighted by atomic mass is 32.9. The van der Waals surface area contributed by atoms with Gasteiger partial charge in [-0.15, -0.1) is 0 Å². The van der Waals surface area contributed by atoms with E-state index in [2.05, 4.69) is 42.8 Å². The number of nitrogens with zero attached hydrogens (tertiary/aromatic N) is 1. The van der Waals surface area contributed by atoms with Gasteiger partial charge in [0.15, 0.2) is 5.62 Å². The maximum absolute atomic E-state index is 6.02. The van der Waals surface area contributed by atoms with Gasteiger partial charge in [-0.1, -0.05) is 25.1 Å². The van der Waals surface area contributed by atoms with Gasteiger partial charge in [-0.25, -0.2) is 4.67 Å². The highest BCUT2D eigenvalue weighted by Gasteiger charge is 2.34. The first-order valence-corrected chi connectivity index (χ1v) is 10.5. The van der Waals surface area contributed by atoms with Gasteiger partial charge in [0.25, 0.3) is 0 Å². The number of hydrogen-bond donors (Lipinski definition) is 0. The molecule has 0 aromatic heterocycles. The first-order valence-electron chi connectivity index (χ1n) is 6.42. The lowest BCUT2D eigenvalue weighted by molar-refractivity contribution is 0.220. The number of benzene rings is 1. The van der Waals surface area contributed by atoms with Gasteiger partial charge < -0.3 is 4.52 Å². The fourth-order valence-electron chi connectivity index (χ4n) is 1.97. The summed E-state index contributed by atoms with van der Waals surface area (Å²) in [5.74, 6) is 0. The van der Waals surface area contributed by atoms with E-state index in [1.807, 2.05) is 6.07 Å². The molecule has 5 heteroatoms. The summed E-state index contributed by atoms with van der Waals surface area (Å²) < 4.78 is 8.44. The van der Waals surface area contributed by atoms with Crippen LogP contribution in [0.5, 0.6) is 0 Å². The van der Waals surface area contributed by atoms with Crippen molar-refractivity contribution in [1.29, 1.82) is 0 Å². The highest BCUT2D eigenvalue weighted by Crippen LogP contribution is 2.67. The molecular formula is C13H20NOPS2. The van der Waals surface area contributed by atoms with E-state index in [0.29, 0.717) is 6.04 Å². The molecule has 0 amide bonds. The molecule has 1 aliphatic heterocycles. The number of hydrogen-bond acceptors (Lipinski definition) is 3. The van der Waals surface area contributed by atoms with Crippen molar-refractivity contribution in [3.05, 3.63) is 30.3 Å². The second-order valence-electron chi connectivity index (χ2n) is 4.48. The molecule has 100 valence electrons. The van der Waals surface area contributed by atoms with Crippen molar-refractivity contribution >= 4 is 28.8 Å². The maximum atomic E-state index is 6.02. The van der Waals surface area contributed by atoms with E-state index in [1.54, 1.807) is 11.4 Å². The molecule has 0 spiro atoms. The van der Waals surface area contributed by atoms with E-state index in [9.17, 15) is 0 Å². The van der Waals surface area contributed by atoms with Crippen molar-refractivity contribution in [2.24, 2.45) is 0 Å². The molecule has 1 fully saturated rings. The Balaban J connectivity index is 2.18. The topological polar surface area (TPSA) is 12.5 Å². The fraction of sp³-hybridized carbons (Fsp3) is 0.538. The van der Waals surface area contributed by atoms with Crippen LogP contribution in [0, 0.1) is 0 Å². The highest BCUT2D eigenvalue weighted by molar-refractivity contribution is 8.68. The Labute approximate surface area is 119 Å². The Morgan fingerprint density at radius 2 is 2.17 bits per heavy atom. The Hall–Kier alpha value is 0.140. The largest absolute Gasteiger partial charge is 0.330 e. The van der Waals surface area contributed by atoms with Crippen molar-refractivity contribution < 1.29 is 4.52 Å². The first-order chi connectivity index (χ1) is 8.65. The molecule has 2 unspecified atom stereocenters. The third-order valence-corrected chi connectivity index (χ3v) is 9.50. The zero-order chi connectivity index (χ0) is 13.0. The van der Waals surface area contributed by atoms with Crippen LogP contribution >= 0.6 is 17.0 Å². The van der Waals surface area contributed by atoms with Gasteiger partial charge in [0.2, 0.25) is 0 Å². The molecule has 1 saturated heterocycles. The molecule has 1 aromatic rings. The van der Waals surface area contributed by atoms with Gasteiger partial charge in [0, 0.05) is 17.5 Å². The second-order valence-corrected chi connectivity index (χ2v) is 11.1. The Bertz CT molecular complexity index is 426. The maximum Gasteiger partial charge on any atom is 0.193 e. The van der Waals surface area contributed by atoms with Crippen LogP contribution in [0.1, 0.15) is 26.7 Å². The lowest BCUT2D eigenvalue weighted by Gasteiger charge is -2.41. The average Bonchev–Trinajstić information content (AvgIpc) is 2.39. The standard InChI is InChI=1S/C13H20NOPS2/c1-3-12(2)14-10-7-11-15-16(14,17)18-13-8-5-4-6-9-13/h4-6,8-9,12H,3,7,10-11H2,1-2H3. The van der Waals surface area contributed by atoms with Gasteiger partial charge in [0.05, 0.1) is 6.61 Å². The molecule has 0 aliphatic carbocycles. The molecule has 0 radical (unpaired) electrons. The van der Waals surface area contributed by atoms with E-state index >= 15 is 0 Å². The quantitative estimate of drug-likeness (QED) is 0.757. The summed E-state index contributed by atoms with van der Waals surface area (Å²) in [6.45, 7) is 6.35. The molecule has 0 N–H and O–H groups in total. The SMILES string of the molecule is CCC(C)N1CCCOP1(=S)Sc1ccccc1. The first kappa shape index (κ1) is 14.5. The molecule has 1 aromatic carbocycles. The summed E-state index contributed by atoms with van der Waals surface area (Å²) in [7, 11) is 0. The Morgan fingerprint density at radius 3 is 2.83 bits per heavy atom. The van der Waals surface area contributed by atoms with Gasteiger partial charge in [-0.05, 0) is 55.1 Å². The minimum absolute atomic E-state index is 0.507. The lowest BCUT2D eigenvalue weighted by Crippen LogP contribution is -2.34. The molecule has 0 saturated carbocycles. The van der Waals surface area contributed by atoms with Crippen LogP contribution in [-0.2, 0) is 16.3 Å². The summed E-state index contributed by atoms with van der Waals surface area (Å²) in [5, 5.41) is 0. The predicted molar refractivity (Wildman–Crippen MR) is 83.6 cm³/mol. The molecule has 0 bridgehead atoms. The van der Waals surface area contributed by atoms with E-state index in [1.165, 1.54) is 4.90 Å². The molecule has 1 heterocycles. The third-order valence-electron chi connectivity index (χ3n) is 3.16. The number of rotatable bonds is 4. The van der Waals surface area contributed by atoms with Crippen molar-refractivity contribution in [2.45, 2.75) is 37.6 Å². The third kappa shape index (κ3) is 3.37.